The lowest BCUT2D eigenvalue weighted by Gasteiger charge is -2.18. The van der Waals surface area contributed by atoms with E-state index in [1.807, 2.05) is 26.0 Å². The molecule has 0 aliphatic carbocycles. The molecule has 1 aromatic carbocycles. The highest BCUT2D eigenvalue weighted by atomic mass is 16.5. The van der Waals surface area contributed by atoms with E-state index in [-0.39, 0.29) is 6.03 Å². The Morgan fingerprint density at radius 2 is 1.94 bits per heavy atom. The average Bonchev–Trinajstić information content (AvgIpc) is 2.27. The number of nitrogens with two attached hydrogens (primary N) is 1. The molecule has 0 saturated heterocycles. The van der Waals surface area contributed by atoms with Crippen LogP contribution in [-0.2, 0) is 6.54 Å². The van der Waals surface area contributed by atoms with Crippen LogP contribution in [0.4, 0.5) is 4.79 Å². The topological polar surface area (TPSA) is 67.6 Å². The first-order valence-corrected chi connectivity index (χ1v) is 5.35. The largest absolute Gasteiger partial charge is 0.496 e. The fourth-order valence-corrected chi connectivity index (χ4v) is 1.91. The molecule has 0 heterocycles. The van der Waals surface area contributed by atoms with Crippen LogP contribution in [0.15, 0.2) is 12.1 Å². The Hall–Kier alpha value is -1.75. The summed E-state index contributed by atoms with van der Waals surface area (Å²) in [6.07, 6.45) is 0. The molecule has 0 aromatic heterocycles. The number of aryl methyl sites for hydroxylation is 2. The molecule has 0 aliphatic heterocycles. The number of benzene rings is 1. The van der Waals surface area contributed by atoms with E-state index in [1.54, 1.807) is 14.2 Å². The van der Waals surface area contributed by atoms with Crippen LogP contribution >= 0.6 is 0 Å². The van der Waals surface area contributed by atoms with E-state index in [4.69, 9.17) is 10.6 Å². The maximum absolute atomic E-state index is 11.3. The Labute approximate surface area is 102 Å². The maximum Gasteiger partial charge on any atom is 0.331 e. The van der Waals surface area contributed by atoms with Gasteiger partial charge in [-0.05, 0) is 30.5 Å². The summed E-state index contributed by atoms with van der Waals surface area (Å²) in [4.78, 5) is 12.8. The fraction of sp³-hybridized carbons (Fsp3) is 0.417. The van der Waals surface area contributed by atoms with Gasteiger partial charge in [0.05, 0.1) is 7.11 Å². The Kier molecular flexibility index (Phi) is 4.34. The van der Waals surface area contributed by atoms with Gasteiger partial charge >= 0.3 is 6.03 Å². The molecule has 0 radical (unpaired) electrons. The molecule has 0 bridgehead atoms. The standard InChI is InChI=1S/C12H19N3O2/c1-8-5-10(6-9(2)11(8)17-4)7-15(3)12(16)14-13/h5-6H,7,13H2,1-4H3,(H,14,16). The summed E-state index contributed by atoms with van der Waals surface area (Å²) in [6.45, 7) is 4.48. The third-order valence-corrected chi connectivity index (χ3v) is 2.61. The average molecular weight is 237 g/mol. The van der Waals surface area contributed by atoms with E-state index < -0.39 is 0 Å². The SMILES string of the molecule is COc1c(C)cc(CN(C)C(=O)NN)cc1C. The van der Waals surface area contributed by atoms with Crippen LogP contribution in [-0.4, -0.2) is 25.1 Å². The first-order valence-electron chi connectivity index (χ1n) is 5.35. The molecule has 1 rings (SSSR count). The van der Waals surface area contributed by atoms with Crippen LogP contribution in [0.1, 0.15) is 16.7 Å². The van der Waals surface area contributed by atoms with Gasteiger partial charge in [-0.2, -0.15) is 0 Å². The van der Waals surface area contributed by atoms with Crippen molar-refractivity contribution in [3.05, 3.63) is 28.8 Å². The summed E-state index contributed by atoms with van der Waals surface area (Å²) in [5.74, 6) is 5.96. The van der Waals surface area contributed by atoms with Crippen LogP contribution in [0.5, 0.6) is 5.75 Å². The molecule has 0 unspecified atom stereocenters. The van der Waals surface area contributed by atoms with Gasteiger partial charge in [0.15, 0.2) is 0 Å². The Morgan fingerprint density at radius 1 is 1.41 bits per heavy atom. The lowest BCUT2D eigenvalue weighted by molar-refractivity contribution is 0.207. The number of urea groups is 1. The number of carbonyl (C=O) groups is 1. The normalized spacial score (nSPS) is 9.94. The second-order valence-electron chi connectivity index (χ2n) is 4.07. The number of hydrogen-bond donors (Lipinski definition) is 2. The second-order valence-corrected chi connectivity index (χ2v) is 4.07. The lowest BCUT2D eigenvalue weighted by Crippen LogP contribution is -2.40. The summed E-state index contributed by atoms with van der Waals surface area (Å²) in [5, 5.41) is 0. The number of amides is 2. The molecule has 5 heteroatoms. The van der Waals surface area contributed by atoms with Crippen molar-refractivity contribution in [3.8, 4) is 5.75 Å². The van der Waals surface area contributed by atoms with Crippen molar-refractivity contribution in [2.45, 2.75) is 20.4 Å². The molecule has 5 nitrogen and oxygen atoms in total. The zero-order chi connectivity index (χ0) is 13.0. The van der Waals surface area contributed by atoms with E-state index in [1.165, 1.54) is 4.90 Å². The van der Waals surface area contributed by atoms with Crippen molar-refractivity contribution in [2.75, 3.05) is 14.2 Å². The smallest absolute Gasteiger partial charge is 0.331 e. The van der Waals surface area contributed by atoms with Gasteiger partial charge in [0, 0.05) is 13.6 Å². The molecule has 94 valence electrons. The summed E-state index contributed by atoms with van der Waals surface area (Å²) in [5.41, 5.74) is 5.27. The summed E-state index contributed by atoms with van der Waals surface area (Å²) < 4.78 is 5.29. The molecule has 0 fully saturated rings. The highest BCUT2D eigenvalue weighted by molar-refractivity contribution is 5.73. The zero-order valence-electron chi connectivity index (χ0n) is 10.7. The summed E-state index contributed by atoms with van der Waals surface area (Å²) >= 11 is 0. The molecule has 0 spiro atoms. The molecule has 0 saturated carbocycles. The van der Waals surface area contributed by atoms with Crippen LogP contribution in [0, 0.1) is 13.8 Å². The zero-order valence-corrected chi connectivity index (χ0v) is 10.7. The Bertz CT molecular complexity index is 395. The lowest BCUT2D eigenvalue weighted by atomic mass is 10.1. The summed E-state index contributed by atoms with van der Waals surface area (Å²) in [7, 11) is 3.35. The molecule has 2 amide bonds. The van der Waals surface area contributed by atoms with Gasteiger partial charge in [0.25, 0.3) is 0 Å². The number of hydrogen-bond acceptors (Lipinski definition) is 3. The van der Waals surface area contributed by atoms with Crippen molar-refractivity contribution in [1.29, 1.82) is 0 Å². The molecule has 0 atom stereocenters. The summed E-state index contributed by atoms with van der Waals surface area (Å²) in [6, 6.07) is 3.70. The number of nitrogens with one attached hydrogen (secondary N) is 1. The predicted octanol–water partition coefficient (Wildman–Crippen LogP) is 1.33. The monoisotopic (exact) mass is 237 g/mol. The van der Waals surface area contributed by atoms with Gasteiger partial charge in [-0.1, -0.05) is 12.1 Å². The minimum Gasteiger partial charge on any atom is -0.496 e. The molecular weight excluding hydrogens is 218 g/mol. The molecule has 1 aromatic rings. The predicted molar refractivity (Wildman–Crippen MR) is 66.7 cm³/mol. The van der Waals surface area contributed by atoms with Crippen LogP contribution in [0.25, 0.3) is 0 Å². The van der Waals surface area contributed by atoms with Gasteiger partial charge in [-0.15, -0.1) is 0 Å². The third kappa shape index (κ3) is 3.10. The van der Waals surface area contributed by atoms with Gasteiger partial charge in [-0.3, -0.25) is 5.43 Å². The van der Waals surface area contributed by atoms with Gasteiger partial charge in [0.2, 0.25) is 0 Å². The quantitative estimate of drug-likeness (QED) is 0.473. The molecule has 0 aliphatic rings. The number of nitrogens with zero attached hydrogens (tertiary/aromatic N) is 1. The Balaban J connectivity index is 2.90. The number of ether oxygens (including phenoxy) is 1. The highest BCUT2D eigenvalue weighted by Gasteiger charge is 2.10. The minimum atomic E-state index is -0.309. The van der Waals surface area contributed by atoms with Crippen molar-refractivity contribution in [1.82, 2.24) is 10.3 Å². The van der Waals surface area contributed by atoms with Crippen LogP contribution < -0.4 is 16.0 Å². The molecular formula is C12H19N3O2. The second kappa shape index (κ2) is 5.54. The van der Waals surface area contributed by atoms with E-state index in [2.05, 4.69) is 5.43 Å². The number of carbonyl (C=O) groups excluding carboxylic acids is 1. The van der Waals surface area contributed by atoms with Crippen molar-refractivity contribution < 1.29 is 9.53 Å². The van der Waals surface area contributed by atoms with E-state index in [9.17, 15) is 4.79 Å². The van der Waals surface area contributed by atoms with E-state index >= 15 is 0 Å². The van der Waals surface area contributed by atoms with E-state index in [0.717, 1.165) is 22.4 Å². The first-order chi connectivity index (χ1) is 7.99. The van der Waals surface area contributed by atoms with Gasteiger partial charge in [-0.25, -0.2) is 10.6 Å². The van der Waals surface area contributed by atoms with Crippen LogP contribution in [0.3, 0.4) is 0 Å². The highest BCUT2D eigenvalue weighted by Crippen LogP contribution is 2.24. The number of methoxy groups -OCH3 is 1. The Morgan fingerprint density at radius 3 is 2.35 bits per heavy atom. The first kappa shape index (κ1) is 13.3. The van der Waals surface area contributed by atoms with Crippen molar-refractivity contribution >= 4 is 6.03 Å². The van der Waals surface area contributed by atoms with Crippen molar-refractivity contribution in [2.24, 2.45) is 5.84 Å². The maximum atomic E-state index is 11.3. The van der Waals surface area contributed by atoms with Gasteiger partial charge < -0.3 is 9.64 Å². The third-order valence-electron chi connectivity index (χ3n) is 2.61. The molecule has 3 N–H and O–H groups in total. The van der Waals surface area contributed by atoms with Crippen LogP contribution in [0.2, 0.25) is 0 Å². The molecule has 17 heavy (non-hydrogen) atoms. The van der Waals surface area contributed by atoms with Crippen molar-refractivity contribution in [3.63, 3.8) is 0 Å². The minimum absolute atomic E-state index is 0.309. The number of rotatable bonds is 3. The number of hydrazine groups is 1. The fourth-order valence-electron chi connectivity index (χ4n) is 1.91. The van der Waals surface area contributed by atoms with Gasteiger partial charge in [0.1, 0.15) is 5.75 Å². The van der Waals surface area contributed by atoms with E-state index in [0.29, 0.717) is 6.54 Å².